The van der Waals surface area contributed by atoms with Gasteiger partial charge in [0.2, 0.25) is 0 Å². The molecule has 5 nitrogen and oxygen atoms in total. The minimum atomic E-state index is -4.65. The lowest BCUT2D eigenvalue weighted by Crippen LogP contribution is -2.22. The van der Waals surface area contributed by atoms with E-state index in [4.69, 9.17) is 5.11 Å². The predicted molar refractivity (Wildman–Crippen MR) is 84.2 cm³/mol. The van der Waals surface area contributed by atoms with E-state index in [0.717, 1.165) is 11.3 Å². The van der Waals surface area contributed by atoms with Gasteiger partial charge in [-0.05, 0) is 26.7 Å². The van der Waals surface area contributed by atoms with Crippen molar-refractivity contribution in [2.75, 3.05) is 24.6 Å². The molecular formula is C14H18F3N3O2S. The Hall–Kier alpha value is -1.61. The summed E-state index contributed by atoms with van der Waals surface area (Å²) in [6.07, 6.45) is -4.68. The van der Waals surface area contributed by atoms with Crippen LogP contribution in [0.25, 0.3) is 10.3 Å². The lowest BCUT2D eigenvalue weighted by Gasteiger charge is -2.16. The number of nitrogens with zero attached hydrogens (tertiary/aromatic N) is 2. The maximum absolute atomic E-state index is 13.5. The van der Waals surface area contributed by atoms with Crippen LogP contribution in [0.2, 0.25) is 0 Å². The maximum atomic E-state index is 13.5. The molecule has 2 heterocycles. The number of aromatic amines is 1. The van der Waals surface area contributed by atoms with Gasteiger partial charge >= 0.3 is 6.18 Å². The lowest BCUT2D eigenvalue weighted by molar-refractivity contribution is -0.136. The van der Waals surface area contributed by atoms with Gasteiger partial charge in [-0.15, -0.1) is 0 Å². The third-order valence-corrected chi connectivity index (χ3v) is 4.69. The summed E-state index contributed by atoms with van der Waals surface area (Å²) < 4.78 is 40.5. The number of rotatable bonds is 6. The normalized spacial score (nSPS) is 12.1. The number of pyridine rings is 1. The zero-order chi connectivity index (χ0) is 17.2. The molecule has 0 aliphatic carbocycles. The topological polar surface area (TPSA) is 69.2 Å². The zero-order valence-electron chi connectivity index (χ0n) is 12.8. The van der Waals surface area contributed by atoms with Gasteiger partial charge in [0.05, 0.1) is 10.3 Å². The number of hydrogen-bond donors (Lipinski definition) is 2. The van der Waals surface area contributed by atoms with Crippen molar-refractivity contribution in [3.05, 3.63) is 21.5 Å². The van der Waals surface area contributed by atoms with E-state index in [9.17, 15) is 18.0 Å². The van der Waals surface area contributed by atoms with Crippen molar-refractivity contribution in [1.82, 2.24) is 9.97 Å². The van der Waals surface area contributed by atoms with Crippen molar-refractivity contribution in [2.24, 2.45) is 0 Å². The van der Waals surface area contributed by atoms with Crippen LogP contribution in [0, 0.1) is 0 Å². The maximum Gasteiger partial charge on any atom is 0.418 e. The van der Waals surface area contributed by atoms with Crippen molar-refractivity contribution in [2.45, 2.75) is 32.9 Å². The van der Waals surface area contributed by atoms with Crippen LogP contribution in [0.5, 0.6) is 0 Å². The molecule has 0 fully saturated rings. The van der Waals surface area contributed by atoms with Gasteiger partial charge in [-0.2, -0.15) is 13.2 Å². The Labute approximate surface area is 134 Å². The quantitative estimate of drug-likeness (QED) is 0.841. The summed E-state index contributed by atoms with van der Waals surface area (Å²) in [6, 6.07) is 0. The van der Waals surface area contributed by atoms with Gasteiger partial charge in [0.1, 0.15) is 0 Å². The highest BCUT2D eigenvalue weighted by Gasteiger charge is 2.38. The first-order valence-corrected chi connectivity index (χ1v) is 8.13. The first-order chi connectivity index (χ1) is 10.8. The first kappa shape index (κ1) is 17.7. The molecule has 0 aliphatic rings. The third-order valence-electron chi connectivity index (χ3n) is 3.55. The summed E-state index contributed by atoms with van der Waals surface area (Å²) >= 11 is 0.927. The van der Waals surface area contributed by atoms with E-state index in [0.29, 0.717) is 18.2 Å². The number of halogens is 3. The number of alkyl halides is 3. The van der Waals surface area contributed by atoms with Crippen LogP contribution in [0.1, 0.15) is 31.4 Å². The Morgan fingerprint density at radius 2 is 1.96 bits per heavy atom. The summed E-state index contributed by atoms with van der Waals surface area (Å²) in [7, 11) is 0. The van der Waals surface area contributed by atoms with Crippen molar-refractivity contribution in [3.8, 4) is 0 Å². The fraction of sp³-hybridized carbons (Fsp3) is 0.571. The molecule has 0 saturated carbocycles. The molecule has 2 aromatic heterocycles. The fourth-order valence-corrected chi connectivity index (χ4v) is 3.66. The van der Waals surface area contributed by atoms with Crippen molar-refractivity contribution in [3.63, 3.8) is 0 Å². The van der Waals surface area contributed by atoms with Crippen LogP contribution < -0.4 is 10.5 Å². The molecule has 0 atom stereocenters. The average molecular weight is 349 g/mol. The molecule has 2 aromatic rings. The summed E-state index contributed by atoms with van der Waals surface area (Å²) in [6.45, 7) is 4.71. The molecule has 0 aromatic carbocycles. The molecule has 9 heteroatoms. The molecule has 2 N–H and O–H groups in total. The largest absolute Gasteiger partial charge is 0.418 e. The molecule has 0 radical (unpaired) electrons. The number of fused-ring (bicyclic) bond motifs is 1. The Kier molecular flexibility index (Phi) is 5.30. The van der Waals surface area contributed by atoms with Crippen molar-refractivity contribution >= 4 is 26.8 Å². The molecular weight excluding hydrogens is 331 g/mol. The Morgan fingerprint density at radius 1 is 1.30 bits per heavy atom. The fourth-order valence-electron chi connectivity index (χ4n) is 2.42. The van der Waals surface area contributed by atoms with Crippen LogP contribution in [-0.2, 0) is 12.6 Å². The second kappa shape index (κ2) is 6.88. The number of nitrogens with one attached hydrogen (secondary N) is 1. The smallest absolute Gasteiger partial charge is 0.396 e. The summed E-state index contributed by atoms with van der Waals surface area (Å²) in [5.41, 5.74) is -2.11. The number of H-pyrrole nitrogens is 1. The summed E-state index contributed by atoms with van der Waals surface area (Å²) in [5, 5.41) is 9.31. The van der Waals surface area contributed by atoms with E-state index in [1.807, 2.05) is 18.7 Å². The van der Waals surface area contributed by atoms with Gasteiger partial charge in [0.25, 0.3) is 5.56 Å². The highest BCUT2D eigenvalue weighted by molar-refractivity contribution is 7.22. The van der Waals surface area contributed by atoms with E-state index < -0.39 is 17.3 Å². The second-order valence-electron chi connectivity index (χ2n) is 4.98. The minimum Gasteiger partial charge on any atom is -0.396 e. The van der Waals surface area contributed by atoms with E-state index in [1.54, 1.807) is 0 Å². The third kappa shape index (κ3) is 3.50. The van der Waals surface area contributed by atoms with Crippen molar-refractivity contribution < 1.29 is 18.3 Å². The van der Waals surface area contributed by atoms with Crippen LogP contribution in [0.15, 0.2) is 4.79 Å². The highest BCUT2D eigenvalue weighted by Crippen LogP contribution is 2.40. The SMILES string of the molecule is CCN(CC)c1nc2[nH]c(=O)c(CCCO)c(C(F)(F)F)c2s1. The minimum absolute atomic E-state index is 0.0398. The Balaban J connectivity index is 2.72. The number of aromatic nitrogens is 2. The van der Waals surface area contributed by atoms with Gasteiger partial charge in [-0.25, -0.2) is 4.98 Å². The lowest BCUT2D eigenvalue weighted by atomic mass is 10.0. The zero-order valence-corrected chi connectivity index (χ0v) is 13.6. The van der Waals surface area contributed by atoms with E-state index in [1.165, 1.54) is 0 Å². The van der Waals surface area contributed by atoms with Gasteiger partial charge < -0.3 is 15.0 Å². The molecule has 23 heavy (non-hydrogen) atoms. The van der Waals surface area contributed by atoms with Crippen LogP contribution in [-0.4, -0.2) is 34.8 Å². The van der Waals surface area contributed by atoms with E-state index in [2.05, 4.69) is 9.97 Å². The van der Waals surface area contributed by atoms with E-state index >= 15 is 0 Å². The molecule has 0 bridgehead atoms. The predicted octanol–water partition coefficient (Wildman–Crippen LogP) is 2.77. The Morgan fingerprint density at radius 3 is 2.48 bits per heavy atom. The molecule has 0 unspecified atom stereocenters. The molecule has 0 amide bonds. The number of anilines is 1. The van der Waals surface area contributed by atoms with Crippen LogP contribution in [0.4, 0.5) is 18.3 Å². The van der Waals surface area contributed by atoms with Gasteiger partial charge in [-0.1, -0.05) is 11.3 Å². The van der Waals surface area contributed by atoms with Gasteiger partial charge in [-0.3, -0.25) is 4.79 Å². The number of thiazole rings is 1. The molecule has 128 valence electrons. The summed E-state index contributed by atoms with van der Waals surface area (Å²) in [5.74, 6) is 0. The standard InChI is InChI=1S/C14H18F3N3O2S/c1-3-20(4-2)13-19-11-10(23-13)9(14(15,16)17)8(6-5-7-21)12(22)18-11/h21H,3-7H2,1-2H3,(H,18,22). The first-order valence-electron chi connectivity index (χ1n) is 7.32. The number of hydrogen-bond acceptors (Lipinski definition) is 5. The molecule has 0 spiro atoms. The number of aliphatic hydroxyl groups is 1. The molecule has 0 saturated heterocycles. The van der Waals surface area contributed by atoms with E-state index in [-0.39, 0.29) is 35.4 Å². The van der Waals surface area contributed by atoms with Gasteiger partial charge in [0.15, 0.2) is 10.8 Å². The molecule has 2 rings (SSSR count). The Bertz CT molecular complexity index is 735. The highest BCUT2D eigenvalue weighted by atomic mass is 32.1. The monoisotopic (exact) mass is 349 g/mol. The van der Waals surface area contributed by atoms with Gasteiger partial charge in [0, 0.05) is 25.3 Å². The second-order valence-corrected chi connectivity index (χ2v) is 5.96. The van der Waals surface area contributed by atoms with Crippen LogP contribution in [0.3, 0.4) is 0 Å². The average Bonchev–Trinajstić information content (AvgIpc) is 2.87. The molecule has 0 aliphatic heterocycles. The number of aliphatic hydroxyl groups excluding tert-OH is 1. The van der Waals surface area contributed by atoms with Crippen LogP contribution >= 0.6 is 11.3 Å². The van der Waals surface area contributed by atoms with Crippen molar-refractivity contribution in [1.29, 1.82) is 0 Å². The summed E-state index contributed by atoms with van der Waals surface area (Å²) in [4.78, 5) is 20.5.